The van der Waals surface area contributed by atoms with Crippen molar-refractivity contribution in [2.45, 2.75) is 26.8 Å². The number of nitrogens with zero attached hydrogens (tertiary/aromatic N) is 1. The van der Waals surface area contributed by atoms with Crippen LogP contribution in [-0.4, -0.2) is 31.0 Å². The topological polar surface area (TPSA) is 76.1 Å². The number of methoxy groups -OCH3 is 2. The van der Waals surface area contributed by atoms with Gasteiger partial charge in [0.15, 0.2) is 0 Å². The van der Waals surface area contributed by atoms with Gasteiger partial charge in [-0.15, -0.1) is 0 Å². The molecule has 0 saturated carbocycles. The quantitative estimate of drug-likeness (QED) is 0.273. The van der Waals surface area contributed by atoms with Crippen LogP contribution in [0.2, 0.25) is 5.02 Å². The predicted octanol–water partition coefficient (Wildman–Crippen LogP) is 5.91. The maximum Gasteiger partial charge on any atom is 0.300 e. The van der Waals surface area contributed by atoms with Gasteiger partial charge < -0.3 is 14.6 Å². The molecule has 1 fully saturated rings. The maximum absolute atomic E-state index is 13.5. The number of carbonyl (C=O) groups excluding carboxylic acids is 2. The molecule has 3 aromatic rings. The molecule has 1 aliphatic rings. The number of benzene rings is 3. The minimum absolute atomic E-state index is 0.0517. The number of aryl methyl sites for hydroxylation is 2. The van der Waals surface area contributed by atoms with Gasteiger partial charge in [0, 0.05) is 5.69 Å². The van der Waals surface area contributed by atoms with Crippen LogP contribution in [0.15, 0.2) is 60.2 Å². The van der Waals surface area contributed by atoms with Crippen LogP contribution in [0.3, 0.4) is 0 Å². The summed E-state index contributed by atoms with van der Waals surface area (Å²) < 4.78 is 10.8. The first-order valence-electron chi connectivity index (χ1n) is 11.0. The Labute approximate surface area is 209 Å². The number of halogens is 1. The number of carbonyl (C=O) groups is 2. The number of ketones is 1. The van der Waals surface area contributed by atoms with Gasteiger partial charge in [-0.1, -0.05) is 35.9 Å². The lowest BCUT2D eigenvalue weighted by atomic mass is 9.94. The van der Waals surface area contributed by atoms with E-state index in [0.717, 1.165) is 16.7 Å². The van der Waals surface area contributed by atoms with Crippen LogP contribution in [0.4, 0.5) is 5.69 Å². The van der Waals surface area contributed by atoms with Gasteiger partial charge in [0.25, 0.3) is 11.7 Å². The molecule has 0 spiro atoms. The van der Waals surface area contributed by atoms with E-state index < -0.39 is 17.7 Å². The van der Waals surface area contributed by atoms with Crippen LogP contribution in [0.25, 0.3) is 5.76 Å². The monoisotopic (exact) mass is 491 g/mol. The number of hydrogen-bond donors (Lipinski definition) is 1. The first-order chi connectivity index (χ1) is 16.7. The van der Waals surface area contributed by atoms with Crippen LogP contribution in [-0.2, 0) is 9.59 Å². The molecule has 0 aromatic heterocycles. The van der Waals surface area contributed by atoms with Gasteiger partial charge in [0.05, 0.1) is 36.4 Å². The summed E-state index contributed by atoms with van der Waals surface area (Å²) >= 11 is 6.37. The zero-order valence-electron chi connectivity index (χ0n) is 20.2. The summed E-state index contributed by atoms with van der Waals surface area (Å²) in [6, 6.07) is 15.2. The van der Waals surface area contributed by atoms with Crippen molar-refractivity contribution in [2.75, 3.05) is 19.1 Å². The lowest BCUT2D eigenvalue weighted by Gasteiger charge is -2.27. The second-order valence-electron chi connectivity index (χ2n) is 8.49. The number of aliphatic hydroxyl groups excluding tert-OH is 1. The van der Waals surface area contributed by atoms with E-state index in [0.29, 0.717) is 17.0 Å². The molecule has 0 aliphatic carbocycles. The summed E-state index contributed by atoms with van der Waals surface area (Å²) in [7, 11) is 2.97. The first kappa shape index (κ1) is 24.4. The Hall–Kier alpha value is -3.77. The second kappa shape index (κ2) is 9.47. The fourth-order valence-corrected chi connectivity index (χ4v) is 4.81. The number of rotatable bonds is 5. The van der Waals surface area contributed by atoms with Crippen molar-refractivity contribution in [1.82, 2.24) is 0 Å². The van der Waals surface area contributed by atoms with E-state index >= 15 is 0 Å². The molecule has 0 radical (unpaired) electrons. The third kappa shape index (κ3) is 4.15. The van der Waals surface area contributed by atoms with Gasteiger partial charge in [-0.3, -0.25) is 14.5 Å². The van der Waals surface area contributed by atoms with Gasteiger partial charge >= 0.3 is 0 Å². The molecule has 0 bridgehead atoms. The Bertz CT molecular complexity index is 1380. The van der Waals surface area contributed by atoms with Crippen LogP contribution in [0, 0.1) is 20.8 Å². The minimum atomic E-state index is -0.894. The highest BCUT2D eigenvalue weighted by molar-refractivity contribution is 6.52. The first-order valence-corrected chi connectivity index (χ1v) is 11.4. The number of anilines is 1. The van der Waals surface area contributed by atoms with Gasteiger partial charge in [-0.05, 0) is 73.4 Å². The van der Waals surface area contributed by atoms with E-state index in [-0.39, 0.29) is 27.7 Å². The molecule has 4 rings (SSSR count). The minimum Gasteiger partial charge on any atom is -0.507 e. The van der Waals surface area contributed by atoms with Crippen LogP contribution in [0.5, 0.6) is 11.5 Å². The summed E-state index contributed by atoms with van der Waals surface area (Å²) in [5.74, 6) is -1.10. The molecular formula is C28H26ClNO5. The number of hydrogen-bond acceptors (Lipinski definition) is 5. The summed E-state index contributed by atoms with van der Waals surface area (Å²) in [5, 5.41) is 11.8. The predicted molar refractivity (Wildman–Crippen MR) is 136 cm³/mol. The number of Topliss-reactive ketones (excluding diaryl/α,β-unsaturated/α-hetero) is 1. The zero-order chi connectivity index (χ0) is 25.4. The van der Waals surface area contributed by atoms with Crippen molar-refractivity contribution in [3.63, 3.8) is 0 Å². The van der Waals surface area contributed by atoms with Crippen molar-refractivity contribution >= 4 is 34.7 Å². The highest BCUT2D eigenvalue weighted by Gasteiger charge is 2.47. The molecule has 1 amide bonds. The zero-order valence-corrected chi connectivity index (χ0v) is 20.9. The fraction of sp³-hybridized carbons (Fsp3) is 0.214. The smallest absolute Gasteiger partial charge is 0.300 e. The molecule has 1 unspecified atom stereocenters. The van der Waals surface area contributed by atoms with Gasteiger partial charge in [-0.25, -0.2) is 0 Å². The normalized spacial score (nSPS) is 17.1. The highest BCUT2D eigenvalue weighted by Crippen LogP contribution is 2.45. The van der Waals surface area contributed by atoms with E-state index in [1.54, 1.807) is 49.6 Å². The van der Waals surface area contributed by atoms with Gasteiger partial charge in [0.2, 0.25) is 0 Å². The molecule has 180 valence electrons. The van der Waals surface area contributed by atoms with Crippen LogP contribution in [0.1, 0.15) is 33.9 Å². The average molecular weight is 492 g/mol. The number of amides is 1. The number of aliphatic hydroxyl groups is 1. The molecule has 35 heavy (non-hydrogen) atoms. The van der Waals surface area contributed by atoms with Gasteiger partial charge in [-0.2, -0.15) is 0 Å². The van der Waals surface area contributed by atoms with Crippen molar-refractivity contribution in [2.24, 2.45) is 0 Å². The van der Waals surface area contributed by atoms with E-state index in [9.17, 15) is 14.7 Å². The third-order valence-electron chi connectivity index (χ3n) is 6.34. The molecule has 1 saturated heterocycles. The van der Waals surface area contributed by atoms with E-state index in [1.807, 2.05) is 32.9 Å². The molecular weight excluding hydrogens is 466 g/mol. The Morgan fingerprint density at radius 3 is 2.37 bits per heavy atom. The largest absolute Gasteiger partial charge is 0.507 e. The molecule has 1 heterocycles. The Morgan fingerprint density at radius 1 is 0.971 bits per heavy atom. The highest BCUT2D eigenvalue weighted by atomic mass is 35.5. The summed E-state index contributed by atoms with van der Waals surface area (Å²) in [5.41, 5.74) is 3.99. The maximum atomic E-state index is 13.5. The van der Waals surface area contributed by atoms with Gasteiger partial charge in [0.1, 0.15) is 17.3 Å². The van der Waals surface area contributed by atoms with E-state index in [4.69, 9.17) is 21.1 Å². The SMILES string of the molecule is COc1cccc(C2/C(=C(\O)c3cc(C)cc(Cl)c3OC)C(=O)C(=O)N2c2cccc(C)c2C)c1. The molecule has 6 nitrogen and oxygen atoms in total. The Kier molecular flexibility index (Phi) is 6.59. The molecule has 1 aliphatic heterocycles. The molecule has 1 N–H and O–H groups in total. The van der Waals surface area contributed by atoms with Crippen molar-refractivity contribution in [1.29, 1.82) is 0 Å². The average Bonchev–Trinajstić information content (AvgIpc) is 3.10. The molecule has 1 atom stereocenters. The Morgan fingerprint density at radius 2 is 1.69 bits per heavy atom. The lowest BCUT2D eigenvalue weighted by Crippen LogP contribution is -2.30. The summed E-state index contributed by atoms with van der Waals surface area (Å²) in [6.07, 6.45) is 0. The van der Waals surface area contributed by atoms with Crippen LogP contribution < -0.4 is 14.4 Å². The van der Waals surface area contributed by atoms with Crippen LogP contribution >= 0.6 is 11.6 Å². The van der Waals surface area contributed by atoms with E-state index in [1.165, 1.54) is 12.0 Å². The van der Waals surface area contributed by atoms with Crippen molar-refractivity contribution < 1.29 is 24.2 Å². The Balaban J connectivity index is 2.05. The van der Waals surface area contributed by atoms with Crippen molar-refractivity contribution in [3.8, 4) is 11.5 Å². The van der Waals surface area contributed by atoms with E-state index in [2.05, 4.69) is 0 Å². The lowest BCUT2D eigenvalue weighted by molar-refractivity contribution is -0.132. The summed E-state index contributed by atoms with van der Waals surface area (Å²) in [4.78, 5) is 28.4. The standard InChI is InChI=1S/C28H26ClNO5/c1-15-12-20(27(35-5)21(29)13-15)25(31)23-24(18-9-7-10-19(14-18)34-4)30(28(33)26(23)32)22-11-6-8-16(2)17(22)3/h6-14,24,31H,1-5H3/b25-23+. The second-order valence-corrected chi connectivity index (χ2v) is 8.90. The fourth-order valence-electron chi connectivity index (χ4n) is 4.46. The van der Waals surface area contributed by atoms with Crippen molar-refractivity contribution in [3.05, 3.63) is 93.0 Å². The molecule has 7 heteroatoms. The number of ether oxygens (including phenoxy) is 2. The third-order valence-corrected chi connectivity index (χ3v) is 6.62. The summed E-state index contributed by atoms with van der Waals surface area (Å²) in [6.45, 7) is 5.65. The molecule has 3 aromatic carbocycles.